The summed E-state index contributed by atoms with van der Waals surface area (Å²) in [5.74, 6) is 5.75. The van der Waals surface area contributed by atoms with Crippen LogP contribution in [-0.2, 0) is 0 Å². The van der Waals surface area contributed by atoms with E-state index in [1.807, 2.05) is 12.1 Å². The number of rotatable bonds is 1. The lowest BCUT2D eigenvalue weighted by Crippen LogP contribution is -1.78. The molecule has 0 heterocycles. The first-order valence-electron chi connectivity index (χ1n) is 3.79. The Balaban J connectivity index is 2.81. The maximum absolute atomic E-state index is 8.51. The van der Waals surface area contributed by atoms with E-state index in [0.717, 1.165) is 10.0 Å². The Morgan fingerprint density at radius 3 is 2.85 bits per heavy atom. The van der Waals surface area contributed by atoms with Crippen LogP contribution < -0.4 is 0 Å². The summed E-state index contributed by atoms with van der Waals surface area (Å²) in [5.41, 5.74) is 0.893. The summed E-state index contributed by atoms with van der Waals surface area (Å²) in [5, 5.41) is 9.18. The van der Waals surface area contributed by atoms with Gasteiger partial charge < -0.3 is 5.11 Å². The van der Waals surface area contributed by atoms with E-state index in [0.29, 0.717) is 11.4 Å². The molecule has 1 nitrogen and oxygen atoms in total. The molecule has 1 aromatic rings. The highest BCUT2D eigenvalue weighted by Crippen LogP contribution is 2.22. The number of aliphatic hydroxyl groups excluding tert-OH is 1. The summed E-state index contributed by atoms with van der Waals surface area (Å²) in [4.78, 5) is 0. The molecule has 0 unspecified atom stereocenters. The zero-order valence-electron chi connectivity index (χ0n) is 6.85. The van der Waals surface area contributed by atoms with Crippen molar-refractivity contribution >= 4 is 27.5 Å². The fraction of sp³-hybridized carbons (Fsp3) is 0.200. The Bertz CT molecular complexity index is 352. The van der Waals surface area contributed by atoms with Gasteiger partial charge in [-0.1, -0.05) is 23.4 Å². The Hall–Kier alpha value is -0.490. The first-order valence-corrected chi connectivity index (χ1v) is 4.96. The number of benzene rings is 1. The molecule has 0 amide bonds. The lowest BCUT2D eigenvalue weighted by Gasteiger charge is -1.95. The minimum Gasteiger partial charge on any atom is -0.395 e. The predicted molar refractivity (Wildman–Crippen MR) is 57.7 cm³/mol. The van der Waals surface area contributed by atoms with Crippen LogP contribution in [0.3, 0.4) is 0 Å². The Kier molecular flexibility index (Phi) is 4.31. The third kappa shape index (κ3) is 3.40. The Morgan fingerprint density at radius 1 is 1.46 bits per heavy atom. The molecule has 0 fully saturated rings. The summed E-state index contributed by atoms with van der Waals surface area (Å²) in [6, 6.07) is 5.48. The Labute approximate surface area is 90.9 Å². The van der Waals surface area contributed by atoms with Gasteiger partial charge in [0.1, 0.15) is 0 Å². The molecule has 3 heteroatoms. The molecular weight excluding hydrogens is 251 g/mol. The minimum atomic E-state index is 0.0990. The molecule has 0 aliphatic heterocycles. The number of halogens is 2. The van der Waals surface area contributed by atoms with Gasteiger partial charge in [0.05, 0.1) is 11.6 Å². The van der Waals surface area contributed by atoms with Gasteiger partial charge in [0.15, 0.2) is 0 Å². The van der Waals surface area contributed by atoms with E-state index in [-0.39, 0.29) is 6.61 Å². The van der Waals surface area contributed by atoms with E-state index in [2.05, 4.69) is 27.8 Å². The van der Waals surface area contributed by atoms with E-state index in [1.54, 1.807) is 6.07 Å². The van der Waals surface area contributed by atoms with Gasteiger partial charge in [-0.15, -0.1) is 0 Å². The van der Waals surface area contributed by atoms with Gasteiger partial charge in [0.2, 0.25) is 0 Å². The lowest BCUT2D eigenvalue weighted by molar-refractivity contribution is 0.305. The molecule has 0 aliphatic rings. The zero-order chi connectivity index (χ0) is 9.68. The van der Waals surface area contributed by atoms with Crippen molar-refractivity contribution in [3.05, 3.63) is 33.3 Å². The van der Waals surface area contributed by atoms with Crippen molar-refractivity contribution in [1.82, 2.24) is 0 Å². The summed E-state index contributed by atoms with van der Waals surface area (Å²) in [6.07, 6.45) is 0.500. The van der Waals surface area contributed by atoms with Gasteiger partial charge in [-0.2, -0.15) is 0 Å². The first-order chi connectivity index (χ1) is 6.24. The molecule has 0 radical (unpaired) electrons. The zero-order valence-corrected chi connectivity index (χ0v) is 9.19. The molecule has 0 saturated carbocycles. The van der Waals surface area contributed by atoms with Crippen molar-refractivity contribution in [2.24, 2.45) is 0 Å². The highest BCUT2D eigenvalue weighted by Gasteiger charge is 1.95. The second-order valence-corrected chi connectivity index (χ2v) is 3.67. The molecule has 68 valence electrons. The Morgan fingerprint density at radius 2 is 2.23 bits per heavy atom. The number of aliphatic hydroxyl groups is 1. The predicted octanol–water partition coefficient (Wildman–Crippen LogP) is 2.84. The van der Waals surface area contributed by atoms with Gasteiger partial charge in [-0.05, 0) is 34.1 Å². The standard InChI is InChI=1S/C10H8BrClO/c11-9-7-8(3-1-2-6-13)4-5-10(9)12/h4-5,7,13H,2,6H2. The van der Waals surface area contributed by atoms with Crippen LogP contribution in [0.25, 0.3) is 0 Å². The first kappa shape index (κ1) is 10.6. The van der Waals surface area contributed by atoms with Crippen molar-refractivity contribution in [2.45, 2.75) is 6.42 Å². The molecule has 1 N–H and O–H groups in total. The molecule has 0 aromatic heterocycles. The molecule has 0 spiro atoms. The fourth-order valence-electron chi connectivity index (χ4n) is 0.794. The van der Waals surface area contributed by atoms with Gasteiger partial charge in [0.25, 0.3) is 0 Å². The van der Waals surface area contributed by atoms with Crippen LogP contribution in [0.15, 0.2) is 22.7 Å². The van der Waals surface area contributed by atoms with Crippen LogP contribution in [0.5, 0.6) is 0 Å². The average molecular weight is 260 g/mol. The van der Waals surface area contributed by atoms with E-state index in [1.165, 1.54) is 0 Å². The van der Waals surface area contributed by atoms with Crippen molar-refractivity contribution in [3.8, 4) is 11.8 Å². The number of hydrogen-bond donors (Lipinski definition) is 1. The third-order valence-electron chi connectivity index (χ3n) is 1.39. The maximum atomic E-state index is 8.51. The molecular formula is C10H8BrClO. The van der Waals surface area contributed by atoms with Crippen LogP contribution in [-0.4, -0.2) is 11.7 Å². The number of hydrogen-bond acceptors (Lipinski definition) is 1. The second-order valence-electron chi connectivity index (χ2n) is 2.40. The quantitative estimate of drug-likeness (QED) is 0.769. The summed E-state index contributed by atoms with van der Waals surface area (Å²) in [7, 11) is 0. The van der Waals surface area contributed by atoms with Gasteiger partial charge in [0, 0.05) is 16.5 Å². The van der Waals surface area contributed by atoms with E-state index in [9.17, 15) is 0 Å². The summed E-state index contributed by atoms with van der Waals surface area (Å²) < 4.78 is 0.838. The van der Waals surface area contributed by atoms with Crippen molar-refractivity contribution < 1.29 is 5.11 Å². The van der Waals surface area contributed by atoms with Crippen LogP contribution >= 0.6 is 27.5 Å². The smallest absolute Gasteiger partial charge is 0.0548 e. The van der Waals surface area contributed by atoms with Crippen molar-refractivity contribution in [3.63, 3.8) is 0 Å². The van der Waals surface area contributed by atoms with Gasteiger partial charge >= 0.3 is 0 Å². The second kappa shape index (κ2) is 5.29. The largest absolute Gasteiger partial charge is 0.395 e. The molecule has 0 bridgehead atoms. The normalized spacial score (nSPS) is 9.15. The van der Waals surface area contributed by atoms with Crippen LogP contribution in [0, 0.1) is 11.8 Å². The molecule has 0 aliphatic carbocycles. The van der Waals surface area contributed by atoms with E-state index >= 15 is 0 Å². The topological polar surface area (TPSA) is 20.2 Å². The molecule has 1 aromatic carbocycles. The van der Waals surface area contributed by atoms with Crippen molar-refractivity contribution in [2.75, 3.05) is 6.61 Å². The monoisotopic (exact) mass is 258 g/mol. The summed E-state index contributed by atoms with van der Waals surface area (Å²) in [6.45, 7) is 0.0990. The van der Waals surface area contributed by atoms with E-state index < -0.39 is 0 Å². The molecule has 13 heavy (non-hydrogen) atoms. The third-order valence-corrected chi connectivity index (χ3v) is 2.60. The SMILES string of the molecule is OCCC#Cc1ccc(Cl)c(Br)c1. The van der Waals surface area contributed by atoms with Gasteiger partial charge in [-0.25, -0.2) is 0 Å². The fourth-order valence-corrected chi connectivity index (χ4v) is 1.29. The maximum Gasteiger partial charge on any atom is 0.0548 e. The van der Waals surface area contributed by atoms with Crippen LogP contribution in [0.1, 0.15) is 12.0 Å². The highest BCUT2D eigenvalue weighted by molar-refractivity contribution is 9.10. The van der Waals surface area contributed by atoms with Crippen LogP contribution in [0.4, 0.5) is 0 Å². The molecule has 1 rings (SSSR count). The average Bonchev–Trinajstić information content (AvgIpc) is 2.12. The summed E-state index contributed by atoms with van der Waals surface area (Å²) >= 11 is 9.11. The lowest BCUT2D eigenvalue weighted by atomic mass is 10.2. The van der Waals surface area contributed by atoms with Crippen LogP contribution in [0.2, 0.25) is 5.02 Å². The molecule has 0 saturated heterocycles. The minimum absolute atomic E-state index is 0.0990. The van der Waals surface area contributed by atoms with E-state index in [4.69, 9.17) is 16.7 Å². The highest BCUT2D eigenvalue weighted by atomic mass is 79.9. The molecule has 0 atom stereocenters. The van der Waals surface area contributed by atoms with Crippen molar-refractivity contribution in [1.29, 1.82) is 0 Å². The van der Waals surface area contributed by atoms with Gasteiger partial charge in [-0.3, -0.25) is 0 Å².